The van der Waals surface area contributed by atoms with Gasteiger partial charge in [0.15, 0.2) is 0 Å². The fourth-order valence-corrected chi connectivity index (χ4v) is 0.802. The molecular formula is C11H16O. The zero-order valence-electron chi connectivity index (χ0n) is 7.62. The van der Waals surface area contributed by atoms with E-state index in [9.17, 15) is 4.79 Å². The Morgan fingerprint density at radius 2 is 2.08 bits per heavy atom. The summed E-state index contributed by atoms with van der Waals surface area (Å²) in [4.78, 5) is 11.0. The van der Waals surface area contributed by atoms with Crippen LogP contribution in [0.2, 0.25) is 0 Å². The summed E-state index contributed by atoms with van der Waals surface area (Å²) in [6.45, 7) is 5.55. The molecule has 0 heterocycles. The maximum atomic E-state index is 11.0. The van der Waals surface area contributed by atoms with Gasteiger partial charge in [-0.1, -0.05) is 43.9 Å². The average molecular weight is 164 g/mol. The molecule has 0 saturated heterocycles. The molecule has 66 valence electrons. The Kier molecular flexibility index (Phi) is 7.25. The third-order valence-corrected chi connectivity index (χ3v) is 1.37. The number of carbonyl (C=O) groups excluding carboxylic acids is 1. The van der Waals surface area contributed by atoms with Crippen LogP contribution < -0.4 is 0 Å². The molecule has 12 heavy (non-hydrogen) atoms. The standard InChI is InChI=1S/C11H16O/c1-3-5-6-7-8-10-11(12)9-4-2/h3,5-8H,1,4,9-10H2,2H3/b6-5+,8-7?. The highest BCUT2D eigenvalue weighted by atomic mass is 16.1. The van der Waals surface area contributed by atoms with E-state index in [-0.39, 0.29) is 0 Å². The molecule has 0 saturated carbocycles. The van der Waals surface area contributed by atoms with Crippen molar-refractivity contribution in [3.63, 3.8) is 0 Å². The largest absolute Gasteiger partial charge is 0.299 e. The van der Waals surface area contributed by atoms with Crippen molar-refractivity contribution < 1.29 is 4.79 Å². The van der Waals surface area contributed by atoms with Gasteiger partial charge < -0.3 is 0 Å². The molecule has 0 rings (SSSR count). The fraction of sp³-hybridized carbons (Fsp3) is 0.364. The van der Waals surface area contributed by atoms with Crippen molar-refractivity contribution in [1.82, 2.24) is 0 Å². The van der Waals surface area contributed by atoms with Crippen LogP contribution in [0.25, 0.3) is 0 Å². The van der Waals surface area contributed by atoms with Gasteiger partial charge in [-0.05, 0) is 6.42 Å². The number of rotatable bonds is 6. The topological polar surface area (TPSA) is 17.1 Å². The summed E-state index contributed by atoms with van der Waals surface area (Å²) >= 11 is 0. The normalized spacial score (nSPS) is 11.1. The SMILES string of the molecule is C=C/C=C/C=CCC(=O)CCC. The van der Waals surface area contributed by atoms with E-state index >= 15 is 0 Å². The van der Waals surface area contributed by atoms with Gasteiger partial charge >= 0.3 is 0 Å². The van der Waals surface area contributed by atoms with Crippen LogP contribution in [0.5, 0.6) is 0 Å². The van der Waals surface area contributed by atoms with Gasteiger partial charge in [-0.2, -0.15) is 0 Å². The van der Waals surface area contributed by atoms with Crippen molar-refractivity contribution in [2.75, 3.05) is 0 Å². The molecule has 0 radical (unpaired) electrons. The summed E-state index contributed by atoms with van der Waals surface area (Å²) < 4.78 is 0. The zero-order chi connectivity index (χ0) is 9.23. The molecular weight excluding hydrogens is 148 g/mol. The molecule has 0 aromatic heterocycles. The van der Waals surface area contributed by atoms with E-state index in [0.29, 0.717) is 18.6 Å². The number of allylic oxidation sites excluding steroid dienone is 5. The minimum absolute atomic E-state index is 0.306. The van der Waals surface area contributed by atoms with E-state index in [4.69, 9.17) is 0 Å². The van der Waals surface area contributed by atoms with E-state index in [2.05, 4.69) is 6.58 Å². The van der Waals surface area contributed by atoms with Crippen LogP contribution in [0.4, 0.5) is 0 Å². The summed E-state index contributed by atoms with van der Waals surface area (Å²) in [6, 6.07) is 0. The van der Waals surface area contributed by atoms with Gasteiger partial charge in [0, 0.05) is 12.8 Å². The predicted molar refractivity (Wildman–Crippen MR) is 53.0 cm³/mol. The van der Waals surface area contributed by atoms with E-state index in [1.807, 2.05) is 31.2 Å². The Bertz CT molecular complexity index is 187. The summed E-state index contributed by atoms with van der Waals surface area (Å²) in [5, 5.41) is 0. The van der Waals surface area contributed by atoms with Gasteiger partial charge in [-0.15, -0.1) is 0 Å². The first-order chi connectivity index (χ1) is 5.81. The number of hydrogen-bond donors (Lipinski definition) is 0. The van der Waals surface area contributed by atoms with Crippen molar-refractivity contribution in [3.05, 3.63) is 37.0 Å². The summed E-state index contributed by atoms with van der Waals surface area (Å²) in [5.74, 6) is 0.306. The Morgan fingerprint density at radius 1 is 1.33 bits per heavy atom. The molecule has 0 unspecified atom stereocenters. The minimum atomic E-state index is 0.306. The van der Waals surface area contributed by atoms with Crippen LogP contribution in [0, 0.1) is 0 Å². The number of hydrogen-bond acceptors (Lipinski definition) is 1. The highest BCUT2D eigenvalue weighted by molar-refractivity contribution is 5.79. The van der Waals surface area contributed by atoms with Crippen molar-refractivity contribution in [3.8, 4) is 0 Å². The lowest BCUT2D eigenvalue weighted by Gasteiger charge is -1.90. The van der Waals surface area contributed by atoms with Crippen LogP contribution in [0.1, 0.15) is 26.2 Å². The van der Waals surface area contributed by atoms with Gasteiger partial charge in [0.1, 0.15) is 5.78 Å². The highest BCUT2D eigenvalue weighted by Crippen LogP contribution is 1.95. The molecule has 0 fully saturated rings. The maximum absolute atomic E-state index is 11.0. The Hall–Kier alpha value is -1.11. The molecule has 0 aromatic rings. The van der Waals surface area contributed by atoms with Gasteiger partial charge in [-0.3, -0.25) is 4.79 Å². The zero-order valence-corrected chi connectivity index (χ0v) is 7.62. The van der Waals surface area contributed by atoms with Crippen LogP contribution in [0.3, 0.4) is 0 Å². The summed E-state index contributed by atoms with van der Waals surface area (Å²) in [6.07, 6.45) is 11.3. The second-order valence-electron chi connectivity index (χ2n) is 2.54. The lowest BCUT2D eigenvalue weighted by atomic mass is 10.2. The molecule has 0 aliphatic carbocycles. The Balaban J connectivity index is 3.52. The third kappa shape index (κ3) is 7.00. The van der Waals surface area contributed by atoms with Crippen LogP contribution in [-0.2, 0) is 4.79 Å². The fourth-order valence-electron chi connectivity index (χ4n) is 0.802. The van der Waals surface area contributed by atoms with E-state index < -0.39 is 0 Å². The van der Waals surface area contributed by atoms with E-state index in [1.54, 1.807) is 6.08 Å². The summed E-state index contributed by atoms with van der Waals surface area (Å²) in [7, 11) is 0. The van der Waals surface area contributed by atoms with Crippen molar-refractivity contribution in [2.24, 2.45) is 0 Å². The van der Waals surface area contributed by atoms with Crippen molar-refractivity contribution >= 4 is 5.78 Å². The molecule has 0 spiro atoms. The molecule has 0 amide bonds. The minimum Gasteiger partial charge on any atom is -0.299 e. The lowest BCUT2D eigenvalue weighted by molar-refractivity contribution is -0.118. The second kappa shape index (κ2) is 7.99. The third-order valence-electron chi connectivity index (χ3n) is 1.37. The molecule has 0 N–H and O–H groups in total. The molecule has 0 aromatic carbocycles. The molecule has 0 atom stereocenters. The van der Waals surface area contributed by atoms with E-state index in [0.717, 1.165) is 6.42 Å². The van der Waals surface area contributed by atoms with Crippen LogP contribution in [0.15, 0.2) is 37.0 Å². The maximum Gasteiger partial charge on any atom is 0.136 e. The van der Waals surface area contributed by atoms with Crippen LogP contribution >= 0.6 is 0 Å². The first-order valence-electron chi connectivity index (χ1n) is 4.27. The monoisotopic (exact) mass is 164 g/mol. The smallest absolute Gasteiger partial charge is 0.136 e. The van der Waals surface area contributed by atoms with Gasteiger partial charge in [0.25, 0.3) is 0 Å². The predicted octanol–water partition coefficient (Wildman–Crippen LogP) is 3.04. The van der Waals surface area contributed by atoms with Gasteiger partial charge in [0.05, 0.1) is 0 Å². The molecule has 1 nitrogen and oxygen atoms in total. The first kappa shape index (κ1) is 10.9. The lowest BCUT2D eigenvalue weighted by Crippen LogP contribution is -1.92. The number of carbonyl (C=O) groups is 1. The Morgan fingerprint density at radius 3 is 2.67 bits per heavy atom. The van der Waals surface area contributed by atoms with Crippen molar-refractivity contribution in [2.45, 2.75) is 26.2 Å². The molecule has 0 aliphatic rings. The molecule has 0 bridgehead atoms. The number of Topliss-reactive ketones (excluding diaryl/α,β-unsaturated/α-hetero) is 1. The quantitative estimate of drug-likeness (QED) is 0.551. The van der Waals surface area contributed by atoms with E-state index in [1.165, 1.54) is 0 Å². The average Bonchev–Trinajstić information content (AvgIpc) is 2.05. The van der Waals surface area contributed by atoms with Gasteiger partial charge in [0.2, 0.25) is 0 Å². The molecule has 1 heteroatoms. The summed E-state index contributed by atoms with van der Waals surface area (Å²) in [5.41, 5.74) is 0. The number of ketones is 1. The Labute approximate surface area is 74.5 Å². The molecule has 0 aliphatic heterocycles. The van der Waals surface area contributed by atoms with Crippen LogP contribution in [-0.4, -0.2) is 5.78 Å². The van der Waals surface area contributed by atoms with Crippen molar-refractivity contribution in [1.29, 1.82) is 0 Å². The first-order valence-corrected chi connectivity index (χ1v) is 4.27. The second-order valence-corrected chi connectivity index (χ2v) is 2.54. The van der Waals surface area contributed by atoms with Gasteiger partial charge in [-0.25, -0.2) is 0 Å². The highest BCUT2D eigenvalue weighted by Gasteiger charge is 1.94.